The third kappa shape index (κ3) is 4.56. The summed E-state index contributed by atoms with van der Waals surface area (Å²) in [6.07, 6.45) is 2.13. The Labute approximate surface area is 123 Å². The standard InChI is InChI=1S/C15H22BrNO2/c1-2-19-14-6-8-17(9-7-14)11-15(18)12-4-3-5-13(16)10-12/h3-5,10,14-15,18H,2,6-9,11H2,1H3. The Morgan fingerprint density at radius 2 is 2.16 bits per heavy atom. The van der Waals surface area contributed by atoms with Crippen molar-refractivity contribution >= 4 is 15.9 Å². The SMILES string of the molecule is CCOC1CCN(CC(O)c2cccc(Br)c2)CC1. The first-order chi connectivity index (χ1) is 9.19. The Morgan fingerprint density at radius 3 is 2.79 bits per heavy atom. The van der Waals surface area contributed by atoms with E-state index in [2.05, 4.69) is 20.8 Å². The van der Waals surface area contributed by atoms with Gasteiger partial charge in [0.25, 0.3) is 0 Å². The van der Waals surface area contributed by atoms with E-state index >= 15 is 0 Å². The van der Waals surface area contributed by atoms with Crippen molar-refractivity contribution in [2.75, 3.05) is 26.2 Å². The Kier molecular flexibility index (Phi) is 5.82. The number of β-amino-alcohol motifs (C(OH)–C–C–N with tert-alkyl or cyclic N) is 1. The van der Waals surface area contributed by atoms with Gasteiger partial charge in [-0.25, -0.2) is 0 Å². The van der Waals surface area contributed by atoms with Crippen LogP contribution in [0.3, 0.4) is 0 Å². The first-order valence-corrected chi connectivity index (χ1v) is 7.76. The molecule has 0 amide bonds. The van der Waals surface area contributed by atoms with E-state index < -0.39 is 6.10 Å². The lowest BCUT2D eigenvalue weighted by Crippen LogP contribution is -2.39. The number of piperidine rings is 1. The molecule has 0 bridgehead atoms. The molecule has 1 saturated heterocycles. The molecular formula is C15H22BrNO2. The maximum Gasteiger partial charge on any atom is 0.0917 e. The molecule has 1 aromatic carbocycles. The zero-order valence-electron chi connectivity index (χ0n) is 11.4. The Hall–Kier alpha value is -0.420. The van der Waals surface area contributed by atoms with Crippen molar-refractivity contribution < 1.29 is 9.84 Å². The summed E-state index contributed by atoms with van der Waals surface area (Å²) in [4.78, 5) is 2.32. The highest BCUT2D eigenvalue weighted by Gasteiger charge is 2.21. The second-order valence-electron chi connectivity index (χ2n) is 5.03. The predicted octanol–water partition coefficient (Wildman–Crippen LogP) is 2.98. The van der Waals surface area contributed by atoms with Crippen molar-refractivity contribution in [3.05, 3.63) is 34.3 Å². The number of rotatable bonds is 5. The summed E-state index contributed by atoms with van der Waals surface area (Å²) < 4.78 is 6.65. The number of benzene rings is 1. The van der Waals surface area contributed by atoms with E-state index in [0.29, 0.717) is 12.6 Å². The van der Waals surface area contributed by atoms with E-state index in [1.54, 1.807) is 0 Å². The summed E-state index contributed by atoms with van der Waals surface area (Å²) in [5.41, 5.74) is 0.973. The van der Waals surface area contributed by atoms with Crippen LogP contribution < -0.4 is 0 Å². The van der Waals surface area contributed by atoms with Crippen LogP contribution in [0.2, 0.25) is 0 Å². The van der Waals surface area contributed by atoms with E-state index in [1.165, 1.54) is 0 Å². The van der Waals surface area contributed by atoms with Gasteiger partial charge in [0.1, 0.15) is 0 Å². The molecule has 3 nitrogen and oxygen atoms in total. The van der Waals surface area contributed by atoms with Crippen LogP contribution in [-0.2, 0) is 4.74 Å². The topological polar surface area (TPSA) is 32.7 Å². The molecule has 1 heterocycles. The van der Waals surface area contributed by atoms with Crippen molar-refractivity contribution in [1.82, 2.24) is 4.90 Å². The van der Waals surface area contributed by atoms with Crippen molar-refractivity contribution in [1.29, 1.82) is 0 Å². The summed E-state index contributed by atoms with van der Waals surface area (Å²) in [5.74, 6) is 0. The lowest BCUT2D eigenvalue weighted by Gasteiger charge is -2.33. The summed E-state index contributed by atoms with van der Waals surface area (Å²) in [6.45, 7) is 5.56. The first-order valence-electron chi connectivity index (χ1n) is 6.96. The van der Waals surface area contributed by atoms with Gasteiger partial charge in [0.15, 0.2) is 0 Å². The largest absolute Gasteiger partial charge is 0.387 e. The molecule has 106 valence electrons. The van der Waals surface area contributed by atoms with Gasteiger partial charge in [0.2, 0.25) is 0 Å². The zero-order chi connectivity index (χ0) is 13.7. The molecule has 1 atom stereocenters. The highest BCUT2D eigenvalue weighted by Crippen LogP contribution is 2.21. The number of hydrogen-bond donors (Lipinski definition) is 1. The second-order valence-corrected chi connectivity index (χ2v) is 5.94. The van der Waals surface area contributed by atoms with Gasteiger partial charge in [-0.2, -0.15) is 0 Å². The first kappa shape index (κ1) is 15.0. The van der Waals surface area contributed by atoms with Gasteiger partial charge in [-0.15, -0.1) is 0 Å². The Balaban J connectivity index is 1.82. The van der Waals surface area contributed by atoms with Crippen LogP contribution in [-0.4, -0.2) is 42.4 Å². The number of likely N-dealkylation sites (tertiary alicyclic amines) is 1. The Morgan fingerprint density at radius 1 is 1.42 bits per heavy atom. The van der Waals surface area contributed by atoms with Crippen LogP contribution in [0.1, 0.15) is 31.4 Å². The minimum Gasteiger partial charge on any atom is -0.387 e. The van der Waals surface area contributed by atoms with Gasteiger partial charge < -0.3 is 14.7 Å². The summed E-state index contributed by atoms with van der Waals surface area (Å²) in [5, 5.41) is 10.3. The molecule has 2 rings (SSSR count). The number of aliphatic hydroxyl groups is 1. The van der Waals surface area contributed by atoms with Crippen molar-refractivity contribution in [2.45, 2.75) is 32.0 Å². The van der Waals surface area contributed by atoms with E-state index in [9.17, 15) is 5.11 Å². The average Bonchev–Trinajstić information content (AvgIpc) is 2.41. The third-order valence-electron chi connectivity index (χ3n) is 3.60. The van der Waals surface area contributed by atoms with Gasteiger partial charge in [-0.05, 0) is 37.5 Å². The molecule has 1 aromatic rings. The average molecular weight is 328 g/mol. The van der Waals surface area contributed by atoms with Gasteiger partial charge in [0, 0.05) is 30.7 Å². The predicted molar refractivity (Wildman–Crippen MR) is 80.2 cm³/mol. The minimum atomic E-state index is -0.416. The normalized spacial score (nSPS) is 19.5. The highest BCUT2D eigenvalue weighted by atomic mass is 79.9. The number of ether oxygens (including phenoxy) is 1. The lowest BCUT2D eigenvalue weighted by molar-refractivity contribution is 0.00327. The number of aliphatic hydroxyl groups excluding tert-OH is 1. The Bertz CT molecular complexity index is 391. The fraction of sp³-hybridized carbons (Fsp3) is 0.600. The van der Waals surface area contributed by atoms with Crippen LogP contribution in [0, 0.1) is 0 Å². The van der Waals surface area contributed by atoms with E-state index in [4.69, 9.17) is 4.74 Å². The molecule has 0 aromatic heterocycles. The maximum absolute atomic E-state index is 10.3. The molecule has 1 N–H and O–H groups in total. The molecule has 0 radical (unpaired) electrons. The fourth-order valence-electron chi connectivity index (χ4n) is 2.56. The number of hydrogen-bond acceptors (Lipinski definition) is 3. The lowest BCUT2D eigenvalue weighted by atomic mass is 10.1. The van der Waals surface area contributed by atoms with E-state index in [-0.39, 0.29) is 0 Å². The maximum atomic E-state index is 10.3. The fourth-order valence-corrected chi connectivity index (χ4v) is 2.98. The molecule has 0 aliphatic carbocycles. The van der Waals surface area contributed by atoms with Crippen LogP contribution in [0.5, 0.6) is 0 Å². The zero-order valence-corrected chi connectivity index (χ0v) is 13.0. The summed E-state index contributed by atoms with van der Waals surface area (Å²) >= 11 is 3.44. The third-order valence-corrected chi connectivity index (χ3v) is 4.09. The number of nitrogens with zero attached hydrogens (tertiary/aromatic N) is 1. The summed E-state index contributed by atoms with van der Waals surface area (Å²) in [6, 6.07) is 7.90. The van der Waals surface area contributed by atoms with Crippen molar-refractivity contribution in [2.24, 2.45) is 0 Å². The van der Waals surface area contributed by atoms with Gasteiger partial charge in [0.05, 0.1) is 12.2 Å². The monoisotopic (exact) mass is 327 g/mol. The van der Waals surface area contributed by atoms with Crippen LogP contribution >= 0.6 is 15.9 Å². The van der Waals surface area contributed by atoms with E-state index in [0.717, 1.165) is 42.6 Å². The van der Waals surface area contributed by atoms with Crippen LogP contribution in [0.15, 0.2) is 28.7 Å². The molecule has 4 heteroatoms. The molecular weight excluding hydrogens is 306 g/mol. The molecule has 0 saturated carbocycles. The molecule has 0 spiro atoms. The smallest absolute Gasteiger partial charge is 0.0917 e. The van der Waals surface area contributed by atoms with Gasteiger partial charge >= 0.3 is 0 Å². The summed E-state index contributed by atoms with van der Waals surface area (Å²) in [7, 11) is 0. The second kappa shape index (κ2) is 7.39. The molecule has 1 unspecified atom stereocenters. The molecule has 1 aliphatic rings. The van der Waals surface area contributed by atoms with Gasteiger partial charge in [-0.3, -0.25) is 0 Å². The number of halogens is 1. The van der Waals surface area contributed by atoms with Crippen LogP contribution in [0.25, 0.3) is 0 Å². The van der Waals surface area contributed by atoms with Crippen molar-refractivity contribution in [3.63, 3.8) is 0 Å². The molecule has 1 fully saturated rings. The minimum absolute atomic E-state index is 0.407. The molecule has 19 heavy (non-hydrogen) atoms. The van der Waals surface area contributed by atoms with E-state index in [1.807, 2.05) is 31.2 Å². The van der Waals surface area contributed by atoms with Gasteiger partial charge in [-0.1, -0.05) is 28.1 Å². The molecule has 1 aliphatic heterocycles. The quantitative estimate of drug-likeness (QED) is 0.902. The highest BCUT2D eigenvalue weighted by molar-refractivity contribution is 9.10. The van der Waals surface area contributed by atoms with Crippen LogP contribution in [0.4, 0.5) is 0 Å². The van der Waals surface area contributed by atoms with Crippen molar-refractivity contribution in [3.8, 4) is 0 Å².